The number of benzene rings is 2. The van der Waals surface area contributed by atoms with Gasteiger partial charge in [0.1, 0.15) is 0 Å². The number of phenolic OH excluding ortho intramolecular Hbond substituents is 1. The van der Waals surface area contributed by atoms with E-state index in [1.807, 2.05) is 31.2 Å². The zero-order chi connectivity index (χ0) is 24.9. The fourth-order valence-electron chi connectivity index (χ4n) is 5.03. The molecule has 1 aliphatic carbocycles. The number of thiazole rings is 1. The molecule has 0 radical (unpaired) electrons. The number of ketones is 1. The summed E-state index contributed by atoms with van der Waals surface area (Å²) in [5.74, 6) is -0.625. The lowest BCUT2D eigenvalue weighted by Gasteiger charge is -2.39. The zero-order valence-electron chi connectivity index (χ0n) is 20.1. The number of nitrogens with one attached hydrogen (secondary N) is 2. The zero-order valence-corrected chi connectivity index (χ0v) is 20.9. The minimum Gasteiger partial charge on any atom is -0.504 e. The van der Waals surface area contributed by atoms with Crippen molar-refractivity contribution in [1.82, 2.24) is 10.3 Å². The van der Waals surface area contributed by atoms with Crippen LogP contribution in [-0.4, -0.2) is 28.9 Å². The fraction of sp³-hybridized carbons (Fsp3) is 0.296. The van der Waals surface area contributed by atoms with Crippen molar-refractivity contribution in [2.75, 3.05) is 12.4 Å². The van der Waals surface area contributed by atoms with E-state index in [9.17, 15) is 14.7 Å². The molecule has 0 spiro atoms. The summed E-state index contributed by atoms with van der Waals surface area (Å²) in [6, 6.07) is 12.7. The molecule has 1 aliphatic heterocycles. The molecule has 1 atom stereocenters. The van der Waals surface area contributed by atoms with E-state index in [0.717, 1.165) is 15.9 Å². The lowest BCUT2D eigenvalue weighted by molar-refractivity contribution is -0.118. The Morgan fingerprint density at radius 2 is 2.00 bits per heavy atom. The molecule has 2 heterocycles. The number of methoxy groups -OCH3 is 1. The van der Waals surface area contributed by atoms with E-state index >= 15 is 0 Å². The number of carbonyl (C=O) groups is 2. The topological polar surface area (TPSA) is 101 Å². The first kappa shape index (κ1) is 23.1. The number of ether oxygens (including phenoxy) is 1. The number of aromatic nitrogens is 1. The quantitative estimate of drug-likeness (QED) is 0.463. The molecule has 35 heavy (non-hydrogen) atoms. The third kappa shape index (κ3) is 4.18. The number of anilines is 1. The smallest absolute Gasteiger partial charge is 0.256 e. The fourth-order valence-corrected chi connectivity index (χ4v) is 5.90. The molecule has 0 saturated carbocycles. The molecule has 5 rings (SSSR count). The van der Waals surface area contributed by atoms with Crippen molar-refractivity contribution < 1.29 is 19.4 Å². The van der Waals surface area contributed by atoms with Crippen LogP contribution in [0.5, 0.6) is 11.5 Å². The standard InChI is InChI=1S/C27H27N3O4S/c1-14-22(25(33)30-26-29-16-7-5-6-8-21(16)35-26)23(15-9-10-18(31)20(11-15)34-4)24-17(28-14)12-27(2,3)13-19(24)32/h5-11,23,28,31H,12-13H2,1-4H3,(H,29,30,33). The second-order valence-electron chi connectivity index (χ2n) is 9.80. The summed E-state index contributed by atoms with van der Waals surface area (Å²) in [6.45, 7) is 6.00. The summed E-state index contributed by atoms with van der Waals surface area (Å²) in [7, 11) is 1.47. The van der Waals surface area contributed by atoms with Gasteiger partial charge in [-0.2, -0.15) is 0 Å². The minimum absolute atomic E-state index is 0.00308. The van der Waals surface area contributed by atoms with E-state index in [1.54, 1.807) is 12.1 Å². The maximum Gasteiger partial charge on any atom is 0.256 e. The Morgan fingerprint density at radius 3 is 2.74 bits per heavy atom. The maximum atomic E-state index is 13.7. The number of Topliss-reactive ketones (excluding diaryl/α,β-unsaturated/α-hetero) is 1. The van der Waals surface area contributed by atoms with E-state index in [2.05, 4.69) is 29.5 Å². The number of amides is 1. The van der Waals surface area contributed by atoms with Crippen LogP contribution in [0.2, 0.25) is 0 Å². The average Bonchev–Trinajstić information content (AvgIpc) is 3.19. The van der Waals surface area contributed by atoms with Crippen LogP contribution >= 0.6 is 11.3 Å². The van der Waals surface area contributed by atoms with Gasteiger partial charge in [0, 0.05) is 34.9 Å². The summed E-state index contributed by atoms with van der Waals surface area (Å²) in [5, 5.41) is 17.0. The van der Waals surface area contributed by atoms with Crippen molar-refractivity contribution in [3.8, 4) is 11.5 Å². The van der Waals surface area contributed by atoms with Crippen LogP contribution in [0.15, 0.2) is 65.0 Å². The number of fused-ring (bicyclic) bond motifs is 1. The minimum atomic E-state index is -0.598. The Morgan fingerprint density at radius 1 is 1.23 bits per heavy atom. The van der Waals surface area contributed by atoms with Crippen LogP contribution in [0.4, 0.5) is 5.13 Å². The molecule has 0 fully saturated rings. The summed E-state index contributed by atoms with van der Waals surface area (Å²) in [5.41, 5.74) is 3.91. The van der Waals surface area contributed by atoms with E-state index in [-0.39, 0.29) is 28.6 Å². The molecule has 3 aromatic rings. The average molecular weight is 490 g/mol. The van der Waals surface area contributed by atoms with Gasteiger partial charge < -0.3 is 15.2 Å². The summed E-state index contributed by atoms with van der Waals surface area (Å²) < 4.78 is 6.31. The maximum absolute atomic E-state index is 13.7. The van der Waals surface area contributed by atoms with Gasteiger partial charge in [0.2, 0.25) is 0 Å². The van der Waals surface area contributed by atoms with E-state index in [0.29, 0.717) is 40.4 Å². The lowest BCUT2D eigenvalue weighted by Crippen LogP contribution is -2.39. The SMILES string of the molecule is COc1cc(C2C(C(=O)Nc3nc4ccccc4s3)=C(C)NC3=C2C(=O)CC(C)(C)C3)ccc1O. The number of carbonyl (C=O) groups excluding carboxylic acids is 2. The number of para-hydroxylation sites is 1. The Kier molecular flexibility index (Phi) is 5.63. The van der Waals surface area contributed by atoms with Crippen molar-refractivity contribution in [3.05, 3.63) is 70.6 Å². The highest BCUT2D eigenvalue weighted by molar-refractivity contribution is 7.22. The van der Waals surface area contributed by atoms with Crippen LogP contribution in [0.1, 0.15) is 45.1 Å². The number of phenols is 1. The normalized spacial score (nSPS) is 19.4. The van der Waals surface area contributed by atoms with E-state index in [1.165, 1.54) is 24.5 Å². The molecule has 1 amide bonds. The van der Waals surface area contributed by atoms with Gasteiger partial charge in [-0.3, -0.25) is 14.9 Å². The monoisotopic (exact) mass is 489 g/mol. The molecule has 0 bridgehead atoms. The lowest BCUT2D eigenvalue weighted by atomic mass is 9.68. The highest BCUT2D eigenvalue weighted by Gasteiger charge is 2.43. The molecule has 3 N–H and O–H groups in total. The number of hydrogen-bond acceptors (Lipinski definition) is 7. The van der Waals surface area contributed by atoms with Gasteiger partial charge in [-0.25, -0.2) is 4.98 Å². The summed E-state index contributed by atoms with van der Waals surface area (Å²) in [6.07, 6.45) is 1.09. The molecule has 8 heteroatoms. The largest absolute Gasteiger partial charge is 0.504 e. The predicted octanol–water partition coefficient (Wildman–Crippen LogP) is 5.25. The Hall–Kier alpha value is -3.65. The number of allylic oxidation sites excluding steroid dienone is 3. The van der Waals surface area contributed by atoms with Crippen LogP contribution in [0.25, 0.3) is 10.2 Å². The Bertz CT molecular complexity index is 1400. The predicted molar refractivity (Wildman–Crippen MR) is 137 cm³/mol. The Labute approximate surface area is 207 Å². The molecule has 2 aromatic carbocycles. The first-order chi connectivity index (χ1) is 16.7. The molecule has 180 valence electrons. The second-order valence-corrected chi connectivity index (χ2v) is 10.8. The van der Waals surface area contributed by atoms with Crippen molar-refractivity contribution in [2.24, 2.45) is 5.41 Å². The highest BCUT2D eigenvalue weighted by Crippen LogP contribution is 2.47. The third-order valence-electron chi connectivity index (χ3n) is 6.54. The number of aromatic hydroxyl groups is 1. The van der Waals surface area contributed by atoms with Gasteiger partial charge in [0.25, 0.3) is 5.91 Å². The molecule has 1 aromatic heterocycles. The van der Waals surface area contributed by atoms with Gasteiger partial charge >= 0.3 is 0 Å². The van der Waals surface area contributed by atoms with Gasteiger partial charge in [-0.05, 0) is 48.6 Å². The summed E-state index contributed by atoms with van der Waals surface area (Å²) in [4.78, 5) is 31.7. The molecule has 1 unspecified atom stereocenters. The molecule has 0 saturated heterocycles. The molecule has 7 nitrogen and oxygen atoms in total. The third-order valence-corrected chi connectivity index (χ3v) is 7.49. The molecular weight excluding hydrogens is 462 g/mol. The highest BCUT2D eigenvalue weighted by atomic mass is 32.1. The van der Waals surface area contributed by atoms with Crippen molar-refractivity contribution in [1.29, 1.82) is 0 Å². The van der Waals surface area contributed by atoms with Crippen LogP contribution in [0, 0.1) is 5.41 Å². The van der Waals surface area contributed by atoms with Crippen molar-refractivity contribution >= 4 is 38.4 Å². The van der Waals surface area contributed by atoms with Crippen LogP contribution in [-0.2, 0) is 9.59 Å². The molecule has 2 aliphatic rings. The summed E-state index contributed by atoms with van der Waals surface area (Å²) >= 11 is 1.40. The van der Waals surface area contributed by atoms with Crippen LogP contribution < -0.4 is 15.4 Å². The van der Waals surface area contributed by atoms with Gasteiger partial charge in [-0.15, -0.1) is 0 Å². The van der Waals surface area contributed by atoms with Crippen LogP contribution in [0.3, 0.4) is 0 Å². The first-order valence-electron chi connectivity index (χ1n) is 11.4. The van der Waals surface area contributed by atoms with Crippen molar-refractivity contribution in [3.63, 3.8) is 0 Å². The Balaban J connectivity index is 1.60. The number of nitrogens with zero attached hydrogens (tertiary/aromatic N) is 1. The number of hydrogen-bond donors (Lipinski definition) is 3. The number of dihydropyridines is 1. The second kappa shape index (κ2) is 8.53. The number of rotatable bonds is 4. The van der Waals surface area contributed by atoms with Gasteiger partial charge in [0.15, 0.2) is 22.4 Å². The molecular formula is C27H27N3O4S. The van der Waals surface area contributed by atoms with Gasteiger partial charge in [0.05, 0.1) is 17.3 Å². The van der Waals surface area contributed by atoms with E-state index < -0.39 is 5.92 Å². The van der Waals surface area contributed by atoms with E-state index in [4.69, 9.17) is 4.74 Å². The van der Waals surface area contributed by atoms with Gasteiger partial charge in [-0.1, -0.05) is 43.4 Å². The first-order valence-corrected chi connectivity index (χ1v) is 12.3. The van der Waals surface area contributed by atoms with Crippen molar-refractivity contribution in [2.45, 2.75) is 39.5 Å².